The van der Waals surface area contributed by atoms with Gasteiger partial charge < -0.3 is 19.7 Å². The molecule has 2 aliphatic rings. The van der Waals surface area contributed by atoms with Crippen LogP contribution in [0.3, 0.4) is 0 Å². The van der Waals surface area contributed by atoms with Gasteiger partial charge in [0.15, 0.2) is 5.60 Å². The molecule has 0 atom stereocenters. The van der Waals surface area contributed by atoms with Crippen LogP contribution in [0.2, 0.25) is 0 Å². The van der Waals surface area contributed by atoms with E-state index in [4.69, 9.17) is 9.47 Å². The molecule has 0 unspecified atom stereocenters. The van der Waals surface area contributed by atoms with Gasteiger partial charge in [-0.05, 0) is 65.4 Å². The summed E-state index contributed by atoms with van der Waals surface area (Å²) >= 11 is 0. The van der Waals surface area contributed by atoms with Gasteiger partial charge in [0.25, 0.3) is 0 Å². The summed E-state index contributed by atoms with van der Waals surface area (Å²) in [7, 11) is 0. The van der Waals surface area contributed by atoms with Gasteiger partial charge >= 0.3 is 5.97 Å². The van der Waals surface area contributed by atoms with E-state index >= 15 is 0 Å². The zero-order chi connectivity index (χ0) is 22.3. The van der Waals surface area contributed by atoms with Crippen LogP contribution in [0.25, 0.3) is 21.5 Å². The zero-order valence-electron chi connectivity index (χ0n) is 19.2. The van der Waals surface area contributed by atoms with Crippen LogP contribution in [0.5, 0.6) is 23.0 Å². The number of phenols is 2. The Hall–Kier alpha value is -2.51. The molecule has 7 heteroatoms. The number of esters is 1. The Bertz CT molecular complexity index is 1590. The average molecular weight is 478 g/mol. The van der Waals surface area contributed by atoms with E-state index in [9.17, 15) is 15.0 Å². The summed E-state index contributed by atoms with van der Waals surface area (Å²) in [5.74, 6) is 1.08. The number of rotatable bonds is 0. The first-order valence-corrected chi connectivity index (χ1v) is 10.6. The first-order valence-electron chi connectivity index (χ1n) is 10.6. The SMILES string of the molecule is O=C1OC2(c3ccccc31)c1ccc3cc(O)ccc3c1Oc1c2ccc2cc(O)ccc12.[Na].[Na]. The maximum Gasteiger partial charge on any atom is 0.340 e. The molecular formula is C28H16Na2O5. The molecule has 160 valence electrons. The molecule has 7 rings (SSSR count). The fourth-order valence-electron chi connectivity index (χ4n) is 5.22. The van der Waals surface area contributed by atoms with Gasteiger partial charge in [-0.1, -0.05) is 30.3 Å². The summed E-state index contributed by atoms with van der Waals surface area (Å²) in [5.41, 5.74) is 1.56. The molecule has 5 aromatic rings. The summed E-state index contributed by atoms with van der Waals surface area (Å²) in [6, 6.07) is 25.2. The summed E-state index contributed by atoms with van der Waals surface area (Å²) < 4.78 is 12.8. The fourth-order valence-corrected chi connectivity index (χ4v) is 5.22. The Balaban J connectivity index is 0.00000127. The zero-order valence-corrected chi connectivity index (χ0v) is 23.2. The van der Waals surface area contributed by atoms with Crippen LogP contribution in [0.1, 0.15) is 27.0 Å². The van der Waals surface area contributed by atoms with Crippen molar-refractivity contribution >= 4 is 86.6 Å². The van der Waals surface area contributed by atoms with Crippen LogP contribution >= 0.6 is 0 Å². The number of ether oxygens (including phenoxy) is 2. The molecule has 35 heavy (non-hydrogen) atoms. The maximum atomic E-state index is 13.0. The smallest absolute Gasteiger partial charge is 0.340 e. The second kappa shape index (κ2) is 8.56. The average Bonchev–Trinajstić information content (AvgIpc) is 3.11. The van der Waals surface area contributed by atoms with Crippen molar-refractivity contribution in [2.45, 2.75) is 5.60 Å². The van der Waals surface area contributed by atoms with Crippen LogP contribution in [0.15, 0.2) is 84.9 Å². The van der Waals surface area contributed by atoms with Crippen molar-refractivity contribution in [1.82, 2.24) is 0 Å². The van der Waals surface area contributed by atoms with E-state index < -0.39 is 5.60 Å². The number of benzene rings is 5. The Labute approximate surface area is 244 Å². The van der Waals surface area contributed by atoms with Crippen molar-refractivity contribution in [2.24, 2.45) is 0 Å². The Kier molecular flexibility index (Phi) is 5.92. The molecule has 5 aromatic carbocycles. The number of fused-ring (bicyclic) bond motifs is 10. The number of phenolic OH excluding ortho intramolecular Hbond substituents is 2. The number of aromatic hydroxyl groups is 2. The molecule has 2 radical (unpaired) electrons. The molecule has 0 saturated heterocycles. The minimum atomic E-state index is -1.17. The van der Waals surface area contributed by atoms with Crippen LogP contribution in [-0.4, -0.2) is 75.3 Å². The van der Waals surface area contributed by atoms with E-state index in [1.807, 2.05) is 54.6 Å². The van der Waals surface area contributed by atoms with Crippen molar-refractivity contribution in [1.29, 1.82) is 0 Å². The molecule has 2 heterocycles. The summed E-state index contributed by atoms with van der Waals surface area (Å²) in [6.07, 6.45) is 0. The number of carbonyl (C=O) groups is 1. The summed E-state index contributed by atoms with van der Waals surface area (Å²) in [5, 5.41) is 23.2. The molecule has 0 bridgehead atoms. The van der Waals surface area contributed by atoms with Gasteiger partial charge in [0.1, 0.15) is 23.0 Å². The third-order valence-electron chi connectivity index (χ3n) is 6.64. The van der Waals surface area contributed by atoms with E-state index in [-0.39, 0.29) is 76.6 Å². The molecule has 0 aliphatic carbocycles. The number of carbonyl (C=O) groups excluding carboxylic acids is 1. The minimum Gasteiger partial charge on any atom is -0.508 e. The van der Waals surface area contributed by atoms with E-state index in [2.05, 4.69) is 0 Å². The van der Waals surface area contributed by atoms with Gasteiger partial charge in [-0.2, -0.15) is 0 Å². The number of hydrogen-bond donors (Lipinski definition) is 2. The second-order valence-corrected chi connectivity index (χ2v) is 8.41. The molecule has 0 aromatic heterocycles. The van der Waals surface area contributed by atoms with E-state index in [1.165, 1.54) is 0 Å². The maximum absolute atomic E-state index is 13.0. The van der Waals surface area contributed by atoms with Crippen molar-refractivity contribution in [3.05, 3.63) is 107 Å². The normalized spacial score (nSPS) is 14.2. The summed E-state index contributed by atoms with van der Waals surface area (Å²) in [4.78, 5) is 13.0. The fraction of sp³-hybridized carbons (Fsp3) is 0.0357. The topological polar surface area (TPSA) is 76.0 Å². The Morgan fingerprint density at radius 1 is 0.629 bits per heavy atom. The van der Waals surface area contributed by atoms with Crippen LogP contribution < -0.4 is 4.74 Å². The minimum absolute atomic E-state index is 0. The van der Waals surface area contributed by atoms with Gasteiger partial charge in [0.05, 0.1) is 5.56 Å². The monoisotopic (exact) mass is 478 g/mol. The van der Waals surface area contributed by atoms with Gasteiger partial charge in [0.2, 0.25) is 0 Å². The standard InChI is InChI=1S/C28H16O5.2Na/c29-17-7-9-19-15(13-17)5-11-23-25(19)32-26-20-10-8-18(30)14-16(20)6-12-24(26)28(23)22-4-2-1-3-21(22)27(31)33-28;;/h1-14,29-30H;;. The molecule has 5 nitrogen and oxygen atoms in total. The number of hydrogen-bond acceptors (Lipinski definition) is 5. The molecular weight excluding hydrogens is 462 g/mol. The predicted octanol–water partition coefficient (Wildman–Crippen LogP) is 5.21. The van der Waals surface area contributed by atoms with Crippen molar-refractivity contribution in [3.8, 4) is 23.0 Å². The molecule has 1 spiro atoms. The van der Waals surface area contributed by atoms with Crippen LogP contribution in [0, 0.1) is 0 Å². The molecule has 0 saturated carbocycles. The third-order valence-corrected chi connectivity index (χ3v) is 6.64. The van der Waals surface area contributed by atoms with Gasteiger partial charge in [-0.3, -0.25) is 0 Å². The Morgan fingerprint density at radius 3 is 1.74 bits per heavy atom. The third kappa shape index (κ3) is 3.27. The van der Waals surface area contributed by atoms with E-state index in [1.54, 1.807) is 30.3 Å². The van der Waals surface area contributed by atoms with Crippen LogP contribution in [0.4, 0.5) is 0 Å². The van der Waals surface area contributed by atoms with Gasteiger partial charge in [-0.25, -0.2) is 4.79 Å². The molecule has 2 N–H and O–H groups in total. The first kappa shape index (κ1) is 24.2. The molecule has 2 aliphatic heterocycles. The molecule has 0 fully saturated rings. The predicted molar refractivity (Wildman–Crippen MR) is 135 cm³/mol. The van der Waals surface area contributed by atoms with E-state index in [0.717, 1.165) is 38.2 Å². The first-order chi connectivity index (χ1) is 16.1. The summed E-state index contributed by atoms with van der Waals surface area (Å²) in [6.45, 7) is 0. The Morgan fingerprint density at radius 2 is 1.17 bits per heavy atom. The molecule has 0 amide bonds. The van der Waals surface area contributed by atoms with Crippen molar-refractivity contribution in [2.75, 3.05) is 0 Å². The van der Waals surface area contributed by atoms with Crippen LogP contribution in [-0.2, 0) is 10.3 Å². The quantitative estimate of drug-likeness (QED) is 0.236. The van der Waals surface area contributed by atoms with Crippen molar-refractivity contribution in [3.63, 3.8) is 0 Å². The van der Waals surface area contributed by atoms with Gasteiger partial charge in [0, 0.05) is 86.6 Å². The van der Waals surface area contributed by atoms with E-state index in [0.29, 0.717) is 17.1 Å². The van der Waals surface area contributed by atoms with Crippen molar-refractivity contribution < 1.29 is 24.5 Å². The largest absolute Gasteiger partial charge is 0.508 e. The second-order valence-electron chi connectivity index (χ2n) is 8.41. The van der Waals surface area contributed by atoms with Gasteiger partial charge in [-0.15, -0.1) is 0 Å².